The molecule has 4 heteroatoms. The van der Waals surface area contributed by atoms with E-state index in [2.05, 4.69) is 5.32 Å². The van der Waals surface area contributed by atoms with Gasteiger partial charge in [-0.15, -0.1) is 0 Å². The van der Waals surface area contributed by atoms with Crippen molar-refractivity contribution in [3.63, 3.8) is 0 Å². The van der Waals surface area contributed by atoms with E-state index < -0.39 is 0 Å². The molecule has 3 unspecified atom stereocenters. The number of nitrogens with one attached hydrogen (secondary N) is 1. The van der Waals surface area contributed by atoms with Gasteiger partial charge in [0.05, 0.1) is 6.54 Å². The first-order chi connectivity index (χ1) is 9.24. The van der Waals surface area contributed by atoms with Crippen LogP contribution in [-0.2, 0) is 9.59 Å². The molecule has 3 aliphatic rings. The van der Waals surface area contributed by atoms with Crippen molar-refractivity contribution in [1.29, 1.82) is 0 Å². The summed E-state index contributed by atoms with van der Waals surface area (Å²) in [6.45, 7) is 1.57. The van der Waals surface area contributed by atoms with Crippen LogP contribution in [0.4, 0.5) is 0 Å². The minimum atomic E-state index is -0.00838. The van der Waals surface area contributed by atoms with Gasteiger partial charge in [-0.2, -0.15) is 0 Å². The number of piperazine rings is 1. The maximum atomic E-state index is 12.5. The van der Waals surface area contributed by atoms with Crippen molar-refractivity contribution in [2.45, 2.75) is 44.9 Å². The summed E-state index contributed by atoms with van der Waals surface area (Å²) in [6, 6.07) is 0. The van der Waals surface area contributed by atoms with Gasteiger partial charge in [0, 0.05) is 19.0 Å². The molecule has 0 aromatic rings. The molecule has 0 aromatic heterocycles. The zero-order valence-corrected chi connectivity index (χ0v) is 11.6. The van der Waals surface area contributed by atoms with Crippen LogP contribution in [0.25, 0.3) is 0 Å². The van der Waals surface area contributed by atoms with Gasteiger partial charge in [-0.1, -0.05) is 25.7 Å². The van der Waals surface area contributed by atoms with E-state index in [1.807, 2.05) is 0 Å². The number of rotatable bonds is 1. The molecule has 1 heterocycles. The van der Waals surface area contributed by atoms with Gasteiger partial charge in [0.2, 0.25) is 11.8 Å². The first kappa shape index (κ1) is 12.9. The molecule has 3 rings (SSSR count). The molecular weight excluding hydrogens is 240 g/mol. The lowest BCUT2D eigenvalue weighted by molar-refractivity contribution is -0.143. The molecule has 2 aliphatic carbocycles. The Hall–Kier alpha value is -1.06. The fourth-order valence-electron chi connectivity index (χ4n) is 4.18. The molecular formula is C15H24N2O2. The maximum Gasteiger partial charge on any atom is 0.239 e. The highest BCUT2D eigenvalue weighted by Gasteiger charge is 2.37. The van der Waals surface area contributed by atoms with E-state index in [4.69, 9.17) is 0 Å². The van der Waals surface area contributed by atoms with Crippen LogP contribution in [-0.4, -0.2) is 36.3 Å². The predicted octanol–water partition coefficient (Wildman–Crippen LogP) is 1.55. The Labute approximate surface area is 114 Å². The van der Waals surface area contributed by atoms with E-state index in [0.717, 1.165) is 24.7 Å². The number of fused-ring (bicyclic) bond motifs is 1. The van der Waals surface area contributed by atoms with Crippen LogP contribution in [0.2, 0.25) is 0 Å². The van der Waals surface area contributed by atoms with E-state index in [-0.39, 0.29) is 24.3 Å². The fourth-order valence-corrected chi connectivity index (χ4v) is 4.18. The third-order valence-corrected chi connectivity index (χ3v) is 5.24. The summed E-state index contributed by atoms with van der Waals surface area (Å²) in [7, 11) is 0. The molecule has 0 aromatic carbocycles. The van der Waals surface area contributed by atoms with Crippen molar-refractivity contribution in [2.24, 2.45) is 17.8 Å². The molecule has 1 saturated heterocycles. The molecule has 2 amide bonds. The van der Waals surface area contributed by atoms with Crippen molar-refractivity contribution < 1.29 is 9.59 Å². The van der Waals surface area contributed by atoms with Crippen LogP contribution in [0.15, 0.2) is 0 Å². The molecule has 0 bridgehead atoms. The van der Waals surface area contributed by atoms with Crippen LogP contribution < -0.4 is 5.32 Å². The molecule has 4 nitrogen and oxygen atoms in total. The third-order valence-electron chi connectivity index (χ3n) is 5.24. The van der Waals surface area contributed by atoms with Crippen LogP contribution >= 0.6 is 0 Å². The predicted molar refractivity (Wildman–Crippen MR) is 72.4 cm³/mol. The van der Waals surface area contributed by atoms with Gasteiger partial charge < -0.3 is 10.2 Å². The molecule has 106 valence electrons. The summed E-state index contributed by atoms with van der Waals surface area (Å²) in [5.74, 6) is 2.06. The van der Waals surface area contributed by atoms with E-state index in [9.17, 15) is 9.59 Å². The van der Waals surface area contributed by atoms with Gasteiger partial charge in [0.1, 0.15) is 0 Å². The van der Waals surface area contributed by atoms with Crippen molar-refractivity contribution >= 4 is 11.8 Å². The average molecular weight is 264 g/mol. The van der Waals surface area contributed by atoms with Gasteiger partial charge in [0.15, 0.2) is 0 Å². The number of carbonyl (C=O) groups excluding carboxylic acids is 2. The normalized spacial score (nSPS) is 35.5. The van der Waals surface area contributed by atoms with Crippen molar-refractivity contribution in [1.82, 2.24) is 10.2 Å². The fraction of sp³-hybridized carbons (Fsp3) is 0.867. The largest absolute Gasteiger partial charge is 0.353 e. The van der Waals surface area contributed by atoms with Crippen LogP contribution in [0.1, 0.15) is 44.9 Å². The second kappa shape index (κ2) is 5.51. The highest BCUT2D eigenvalue weighted by molar-refractivity contribution is 5.87. The molecule has 1 N–H and O–H groups in total. The first-order valence-corrected chi connectivity index (χ1v) is 7.79. The second-order valence-corrected chi connectivity index (χ2v) is 6.42. The topological polar surface area (TPSA) is 49.4 Å². The molecule has 0 spiro atoms. The summed E-state index contributed by atoms with van der Waals surface area (Å²) in [5.41, 5.74) is 0. The Bertz CT molecular complexity index is 369. The van der Waals surface area contributed by atoms with E-state index in [1.54, 1.807) is 4.90 Å². The molecule has 1 aliphatic heterocycles. The van der Waals surface area contributed by atoms with E-state index in [0.29, 0.717) is 13.1 Å². The summed E-state index contributed by atoms with van der Waals surface area (Å²) < 4.78 is 0. The Morgan fingerprint density at radius 3 is 2.68 bits per heavy atom. The number of hydrogen-bond donors (Lipinski definition) is 1. The zero-order valence-electron chi connectivity index (χ0n) is 11.6. The van der Waals surface area contributed by atoms with Gasteiger partial charge >= 0.3 is 0 Å². The van der Waals surface area contributed by atoms with E-state index >= 15 is 0 Å². The molecule has 3 fully saturated rings. The molecule has 2 saturated carbocycles. The zero-order chi connectivity index (χ0) is 13.2. The number of hydrogen-bond acceptors (Lipinski definition) is 2. The summed E-state index contributed by atoms with van der Waals surface area (Å²) in [6.07, 6.45) is 8.74. The Morgan fingerprint density at radius 2 is 1.89 bits per heavy atom. The molecule has 3 atom stereocenters. The van der Waals surface area contributed by atoms with Gasteiger partial charge in [0.25, 0.3) is 0 Å². The Balaban J connectivity index is 1.59. The number of amides is 2. The van der Waals surface area contributed by atoms with Crippen LogP contribution in [0.3, 0.4) is 0 Å². The van der Waals surface area contributed by atoms with E-state index in [1.165, 1.54) is 32.1 Å². The van der Waals surface area contributed by atoms with Crippen LogP contribution in [0, 0.1) is 17.8 Å². The lowest BCUT2D eigenvalue weighted by Gasteiger charge is -2.40. The lowest BCUT2D eigenvalue weighted by Crippen LogP contribution is -2.52. The lowest BCUT2D eigenvalue weighted by atomic mass is 9.67. The quantitative estimate of drug-likeness (QED) is 0.781. The van der Waals surface area contributed by atoms with Crippen molar-refractivity contribution in [2.75, 3.05) is 19.6 Å². The second-order valence-electron chi connectivity index (χ2n) is 6.42. The highest BCUT2D eigenvalue weighted by atomic mass is 16.2. The Morgan fingerprint density at radius 1 is 1.11 bits per heavy atom. The van der Waals surface area contributed by atoms with Crippen molar-refractivity contribution in [3.8, 4) is 0 Å². The van der Waals surface area contributed by atoms with Gasteiger partial charge in [-0.05, 0) is 31.1 Å². The first-order valence-electron chi connectivity index (χ1n) is 7.79. The highest BCUT2D eigenvalue weighted by Crippen LogP contribution is 2.43. The van der Waals surface area contributed by atoms with Gasteiger partial charge in [-0.3, -0.25) is 9.59 Å². The summed E-state index contributed by atoms with van der Waals surface area (Å²) in [4.78, 5) is 25.7. The molecule has 19 heavy (non-hydrogen) atoms. The maximum absolute atomic E-state index is 12.5. The number of carbonyl (C=O) groups is 2. The Kier molecular flexibility index (Phi) is 3.76. The monoisotopic (exact) mass is 264 g/mol. The standard InChI is InChI=1S/C15H24N2O2/c18-14-10-17(8-7-16-14)15(19)13-6-5-11-3-1-2-4-12(11)9-13/h11-13H,1-10H2,(H,16,18). The smallest absolute Gasteiger partial charge is 0.239 e. The number of nitrogens with zero attached hydrogens (tertiary/aromatic N) is 1. The van der Waals surface area contributed by atoms with Crippen LogP contribution in [0.5, 0.6) is 0 Å². The minimum Gasteiger partial charge on any atom is -0.353 e. The SMILES string of the molecule is O=C1CN(C(=O)C2CCC3CCCCC3C2)CCN1. The average Bonchev–Trinajstić information content (AvgIpc) is 2.46. The summed E-state index contributed by atoms with van der Waals surface area (Å²) >= 11 is 0. The third kappa shape index (κ3) is 2.77. The van der Waals surface area contributed by atoms with Gasteiger partial charge in [-0.25, -0.2) is 0 Å². The molecule has 0 radical (unpaired) electrons. The minimum absolute atomic E-state index is 0.00838. The summed E-state index contributed by atoms with van der Waals surface area (Å²) in [5, 5.41) is 2.78. The van der Waals surface area contributed by atoms with Crippen molar-refractivity contribution in [3.05, 3.63) is 0 Å².